The van der Waals surface area contributed by atoms with Gasteiger partial charge in [-0.1, -0.05) is 23.4 Å². The highest BCUT2D eigenvalue weighted by atomic mass is 127. The normalized spacial score (nSPS) is 10.6. The van der Waals surface area contributed by atoms with Gasteiger partial charge in [-0.05, 0) is 71.1 Å². The number of benzene rings is 2. The molecular formula is C16H11ClIN3O2S. The fourth-order valence-corrected chi connectivity index (χ4v) is 2.88. The van der Waals surface area contributed by atoms with Gasteiger partial charge in [-0.3, -0.25) is 4.79 Å². The number of halogens is 2. The second-order valence-electron chi connectivity index (χ2n) is 4.72. The van der Waals surface area contributed by atoms with Crippen molar-refractivity contribution in [2.24, 2.45) is 0 Å². The Hall–Kier alpha value is -1.58. The molecule has 0 saturated carbocycles. The van der Waals surface area contributed by atoms with Crippen molar-refractivity contribution < 1.29 is 9.21 Å². The fourth-order valence-electron chi connectivity index (χ4n) is 1.83. The Morgan fingerprint density at radius 2 is 1.83 bits per heavy atom. The van der Waals surface area contributed by atoms with Gasteiger partial charge in [-0.25, -0.2) is 0 Å². The standard InChI is InChI=1S/C16H11ClIN3O2S/c17-11-3-7-13(8-4-11)19-14(22)9-24-16-21-20-15(23-16)10-1-5-12(18)6-2-10/h1-8H,9H2,(H,19,22). The van der Waals surface area contributed by atoms with Crippen LogP contribution < -0.4 is 5.32 Å². The Kier molecular flexibility index (Phi) is 5.75. The van der Waals surface area contributed by atoms with Crippen molar-refractivity contribution in [3.63, 3.8) is 0 Å². The summed E-state index contributed by atoms with van der Waals surface area (Å²) >= 11 is 9.23. The van der Waals surface area contributed by atoms with Crippen LogP contribution in [-0.4, -0.2) is 21.9 Å². The lowest BCUT2D eigenvalue weighted by Crippen LogP contribution is -2.13. The molecule has 0 saturated heterocycles. The van der Waals surface area contributed by atoms with Gasteiger partial charge in [0.15, 0.2) is 0 Å². The molecule has 0 bridgehead atoms. The molecule has 3 aromatic rings. The van der Waals surface area contributed by atoms with Gasteiger partial charge in [0, 0.05) is 19.8 Å². The van der Waals surface area contributed by atoms with E-state index in [9.17, 15) is 4.79 Å². The van der Waals surface area contributed by atoms with Gasteiger partial charge in [0.1, 0.15) is 0 Å². The predicted octanol–water partition coefficient (Wildman–Crippen LogP) is 4.73. The molecule has 3 rings (SSSR count). The molecule has 0 unspecified atom stereocenters. The highest BCUT2D eigenvalue weighted by Crippen LogP contribution is 2.24. The van der Waals surface area contributed by atoms with Gasteiger partial charge >= 0.3 is 0 Å². The summed E-state index contributed by atoms with van der Waals surface area (Å²) in [4.78, 5) is 11.9. The summed E-state index contributed by atoms with van der Waals surface area (Å²) in [6.07, 6.45) is 0. The lowest BCUT2D eigenvalue weighted by Gasteiger charge is -2.03. The van der Waals surface area contributed by atoms with E-state index < -0.39 is 0 Å². The average Bonchev–Trinajstić information content (AvgIpc) is 3.05. The van der Waals surface area contributed by atoms with E-state index in [1.165, 1.54) is 11.8 Å². The van der Waals surface area contributed by atoms with Crippen molar-refractivity contribution in [3.8, 4) is 11.5 Å². The molecule has 0 radical (unpaired) electrons. The van der Waals surface area contributed by atoms with Crippen LogP contribution in [0.2, 0.25) is 5.02 Å². The molecule has 1 amide bonds. The van der Waals surface area contributed by atoms with Crippen LogP contribution in [-0.2, 0) is 4.79 Å². The first-order chi connectivity index (χ1) is 11.6. The molecule has 0 aliphatic carbocycles. The van der Waals surface area contributed by atoms with Crippen LogP contribution in [0.15, 0.2) is 58.2 Å². The Morgan fingerprint density at radius 1 is 1.12 bits per heavy atom. The van der Waals surface area contributed by atoms with E-state index in [0.29, 0.717) is 21.8 Å². The number of hydrogen-bond acceptors (Lipinski definition) is 5. The van der Waals surface area contributed by atoms with Gasteiger partial charge < -0.3 is 9.73 Å². The quantitative estimate of drug-likeness (QED) is 0.431. The number of nitrogens with zero attached hydrogens (tertiary/aromatic N) is 2. The third kappa shape index (κ3) is 4.71. The molecule has 2 aromatic carbocycles. The number of carbonyl (C=O) groups excluding carboxylic acids is 1. The van der Waals surface area contributed by atoms with Gasteiger partial charge in [-0.15, -0.1) is 10.2 Å². The maximum atomic E-state index is 11.9. The minimum absolute atomic E-state index is 0.156. The lowest BCUT2D eigenvalue weighted by molar-refractivity contribution is -0.113. The van der Waals surface area contributed by atoms with Crippen LogP contribution in [0.25, 0.3) is 11.5 Å². The fraction of sp³-hybridized carbons (Fsp3) is 0.0625. The minimum atomic E-state index is -0.156. The average molecular weight is 472 g/mol. The summed E-state index contributed by atoms with van der Waals surface area (Å²) in [6, 6.07) is 14.7. The maximum absolute atomic E-state index is 11.9. The number of aromatic nitrogens is 2. The largest absolute Gasteiger partial charge is 0.411 e. The number of nitrogens with one attached hydrogen (secondary N) is 1. The molecule has 0 aliphatic heterocycles. The number of rotatable bonds is 5. The van der Waals surface area contributed by atoms with Crippen LogP contribution in [0.5, 0.6) is 0 Å². The Labute approximate surface area is 161 Å². The van der Waals surface area contributed by atoms with Crippen LogP contribution in [0, 0.1) is 3.57 Å². The zero-order valence-electron chi connectivity index (χ0n) is 12.2. The van der Waals surface area contributed by atoms with Crippen molar-refractivity contribution in [1.82, 2.24) is 10.2 Å². The van der Waals surface area contributed by atoms with Crippen LogP contribution in [0.4, 0.5) is 5.69 Å². The van der Waals surface area contributed by atoms with Crippen LogP contribution in [0.3, 0.4) is 0 Å². The summed E-state index contributed by atoms with van der Waals surface area (Å²) in [6.45, 7) is 0. The predicted molar refractivity (Wildman–Crippen MR) is 103 cm³/mol. The van der Waals surface area contributed by atoms with Crippen molar-refractivity contribution in [1.29, 1.82) is 0 Å². The van der Waals surface area contributed by atoms with E-state index in [-0.39, 0.29) is 11.7 Å². The molecule has 122 valence electrons. The third-order valence-electron chi connectivity index (χ3n) is 2.95. The lowest BCUT2D eigenvalue weighted by atomic mass is 10.2. The van der Waals surface area contributed by atoms with E-state index in [4.69, 9.17) is 16.0 Å². The number of thioether (sulfide) groups is 1. The Bertz CT molecular complexity index is 837. The van der Waals surface area contributed by atoms with E-state index in [1.807, 2.05) is 24.3 Å². The summed E-state index contributed by atoms with van der Waals surface area (Å²) < 4.78 is 6.70. The first-order valence-corrected chi connectivity index (χ1v) is 9.32. The molecule has 1 N–H and O–H groups in total. The molecule has 8 heteroatoms. The number of anilines is 1. The molecule has 0 spiro atoms. The van der Waals surface area contributed by atoms with E-state index in [1.54, 1.807) is 24.3 Å². The van der Waals surface area contributed by atoms with Crippen molar-refractivity contribution in [2.75, 3.05) is 11.1 Å². The summed E-state index contributed by atoms with van der Waals surface area (Å²) in [5.41, 5.74) is 1.54. The topological polar surface area (TPSA) is 68.0 Å². The molecule has 5 nitrogen and oxygen atoms in total. The molecular weight excluding hydrogens is 461 g/mol. The van der Waals surface area contributed by atoms with E-state index in [0.717, 1.165) is 9.13 Å². The molecule has 1 heterocycles. The van der Waals surface area contributed by atoms with Crippen molar-refractivity contribution in [3.05, 3.63) is 57.1 Å². The van der Waals surface area contributed by atoms with E-state index >= 15 is 0 Å². The van der Waals surface area contributed by atoms with Crippen LogP contribution in [0.1, 0.15) is 0 Å². The van der Waals surface area contributed by atoms with Gasteiger partial charge in [0.2, 0.25) is 11.8 Å². The van der Waals surface area contributed by atoms with Crippen molar-refractivity contribution >= 4 is 57.5 Å². The second-order valence-corrected chi connectivity index (χ2v) is 7.33. The number of amides is 1. The molecule has 1 aromatic heterocycles. The number of hydrogen-bond donors (Lipinski definition) is 1. The van der Waals surface area contributed by atoms with Crippen molar-refractivity contribution in [2.45, 2.75) is 5.22 Å². The highest BCUT2D eigenvalue weighted by Gasteiger charge is 2.11. The van der Waals surface area contributed by atoms with Gasteiger partial charge in [0.05, 0.1) is 5.75 Å². The summed E-state index contributed by atoms with van der Waals surface area (Å²) in [5.74, 6) is 0.458. The molecule has 24 heavy (non-hydrogen) atoms. The Morgan fingerprint density at radius 3 is 2.54 bits per heavy atom. The van der Waals surface area contributed by atoms with Crippen LogP contribution >= 0.6 is 46.0 Å². The maximum Gasteiger partial charge on any atom is 0.277 e. The minimum Gasteiger partial charge on any atom is -0.411 e. The molecule has 0 fully saturated rings. The smallest absolute Gasteiger partial charge is 0.277 e. The SMILES string of the molecule is O=C(CSc1nnc(-c2ccc(I)cc2)o1)Nc1ccc(Cl)cc1. The second kappa shape index (κ2) is 8.00. The summed E-state index contributed by atoms with van der Waals surface area (Å²) in [7, 11) is 0. The van der Waals surface area contributed by atoms with Gasteiger partial charge in [-0.2, -0.15) is 0 Å². The van der Waals surface area contributed by atoms with E-state index in [2.05, 4.69) is 38.1 Å². The third-order valence-corrected chi connectivity index (χ3v) is 4.74. The zero-order chi connectivity index (χ0) is 16.9. The molecule has 0 aliphatic rings. The van der Waals surface area contributed by atoms with Gasteiger partial charge in [0.25, 0.3) is 5.22 Å². The highest BCUT2D eigenvalue weighted by molar-refractivity contribution is 14.1. The Balaban J connectivity index is 1.56. The molecule has 0 atom stereocenters. The first kappa shape index (κ1) is 17.2. The zero-order valence-corrected chi connectivity index (χ0v) is 15.9. The monoisotopic (exact) mass is 471 g/mol. The first-order valence-electron chi connectivity index (χ1n) is 6.88. The number of carbonyl (C=O) groups is 1. The summed E-state index contributed by atoms with van der Waals surface area (Å²) in [5, 5.41) is 11.7.